The first-order valence-corrected chi connectivity index (χ1v) is 4.30. The van der Waals surface area contributed by atoms with Gasteiger partial charge in [0.15, 0.2) is 5.49 Å². The van der Waals surface area contributed by atoms with Gasteiger partial charge in [0.2, 0.25) is 0 Å². The first-order valence-electron chi connectivity index (χ1n) is 4.30. The average molecular weight is 186 g/mol. The van der Waals surface area contributed by atoms with Crippen LogP contribution in [0.2, 0.25) is 0 Å². The van der Waals surface area contributed by atoms with E-state index in [4.69, 9.17) is 5.41 Å². The van der Waals surface area contributed by atoms with E-state index in [1.807, 2.05) is 30.3 Å². The highest BCUT2D eigenvalue weighted by Gasteiger charge is 2.01. The summed E-state index contributed by atoms with van der Waals surface area (Å²) in [4.78, 5) is 0. The monoisotopic (exact) mass is 186 g/mol. The highest BCUT2D eigenvalue weighted by atomic mass is 16.5. The quantitative estimate of drug-likeness (QED) is 0.656. The van der Waals surface area contributed by atoms with Gasteiger partial charge in [0, 0.05) is 5.56 Å². The fraction of sp³-hybridized carbons (Fsp3) is 0. The predicted molar refractivity (Wildman–Crippen MR) is 52.9 cm³/mol. The Morgan fingerprint density at radius 2 is 1.64 bits per heavy atom. The van der Waals surface area contributed by atoms with Crippen LogP contribution < -0.4 is 5.49 Å². The molecule has 2 N–H and O–H groups in total. The second-order valence-corrected chi connectivity index (χ2v) is 2.97. The van der Waals surface area contributed by atoms with Gasteiger partial charge in [-0.2, -0.15) is 4.73 Å². The molecule has 0 saturated carbocycles. The van der Waals surface area contributed by atoms with Crippen LogP contribution in [0.4, 0.5) is 0 Å². The molecule has 0 fully saturated rings. The van der Waals surface area contributed by atoms with E-state index >= 15 is 0 Å². The zero-order chi connectivity index (χ0) is 9.97. The lowest BCUT2D eigenvalue weighted by atomic mass is 10.1. The molecule has 3 nitrogen and oxygen atoms in total. The maximum atomic E-state index is 9.58. The Kier molecular flexibility index (Phi) is 2.07. The molecular formula is C11H10N2O. The molecule has 1 aromatic carbocycles. The van der Waals surface area contributed by atoms with Crippen LogP contribution in [0.1, 0.15) is 0 Å². The minimum absolute atomic E-state index is 0.0753. The molecular weight excluding hydrogens is 176 g/mol. The van der Waals surface area contributed by atoms with Crippen LogP contribution in [-0.4, -0.2) is 9.94 Å². The first kappa shape index (κ1) is 8.56. The summed E-state index contributed by atoms with van der Waals surface area (Å²) in [5.41, 5.74) is 1.59. The number of nitrogens with zero attached hydrogens (tertiary/aromatic N) is 1. The van der Waals surface area contributed by atoms with Crippen molar-refractivity contribution >= 4 is 0 Å². The second-order valence-electron chi connectivity index (χ2n) is 2.97. The molecule has 0 spiro atoms. The Morgan fingerprint density at radius 3 is 2.36 bits per heavy atom. The van der Waals surface area contributed by atoms with Crippen molar-refractivity contribution in [2.45, 2.75) is 0 Å². The topological polar surface area (TPSA) is 49.0 Å². The highest BCUT2D eigenvalue weighted by Crippen LogP contribution is 2.15. The molecule has 2 aromatic rings. The molecule has 0 amide bonds. The van der Waals surface area contributed by atoms with E-state index in [0.29, 0.717) is 5.69 Å². The zero-order valence-corrected chi connectivity index (χ0v) is 7.51. The summed E-state index contributed by atoms with van der Waals surface area (Å²) in [5, 5.41) is 17.0. The molecule has 0 saturated heterocycles. The van der Waals surface area contributed by atoms with Gasteiger partial charge in [-0.25, -0.2) is 0 Å². The maximum absolute atomic E-state index is 9.58. The smallest absolute Gasteiger partial charge is 0.161 e. The van der Waals surface area contributed by atoms with Gasteiger partial charge in [-0.3, -0.25) is 5.41 Å². The minimum Gasteiger partial charge on any atom is -0.426 e. The molecule has 0 unspecified atom stereocenters. The van der Waals surface area contributed by atoms with Crippen molar-refractivity contribution in [1.82, 2.24) is 4.73 Å². The zero-order valence-electron chi connectivity index (χ0n) is 7.51. The van der Waals surface area contributed by atoms with Crippen LogP contribution in [0.15, 0.2) is 48.5 Å². The fourth-order valence-corrected chi connectivity index (χ4v) is 1.33. The molecule has 0 aliphatic heterocycles. The average Bonchev–Trinajstić information content (AvgIpc) is 2.23. The number of hydrogen-bond donors (Lipinski definition) is 2. The predicted octanol–water partition coefficient (Wildman–Crippen LogP) is 1.87. The van der Waals surface area contributed by atoms with Crippen molar-refractivity contribution in [2.24, 2.45) is 0 Å². The fourth-order valence-electron chi connectivity index (χ4n) is 1.33. The van der Waals surface area contributed by atoms with Crippen molar-refractivity contribution < 1.29 is 5.21 Å². The lowest BCUT2D eigenvalue weighted by Crippen LogP contribution is -2.17. The van der Waals surface area contributed by atoms with Crippen LogP contribution in [0, 0.1) is 5.41 Å². The number of benzene rings is 1. The number of rotatable bonds is 1. The Bertz CT molecular complexity index is 488. The highest BCUT2D eigenvalue weighted by molar-refractivity contribution is 5.58. The summed E-state index contributed by atoms with van der Waals surface area (Å²) in [5.74, 6) is 0. The number of hydrogen-bond acceptors (Lipinski definition) is 2. The molecule has 0 atom stereocenters. The normalized spacial score (nSPS) is 10.0. The first-order chi connectivity index (χ1) is 6.79. The van der Waals surface area contributed by atoms with Crippen LogP contribution >= 0.6 is 0 Å². The molecule has 14 heavy (non-hydrogen) atoms. The van der Waals surface area contributed by atoms with E-state index in [-0.39, 0.29) is 5.49 Å². The van der Waals surface area contributed by atoms with Gasteiger partial charge in [-0.05, 0) is 12.1 Å². The summed E-state index contributed by atoms with van der Waals surface area (Å²) in [6.07, 6.45) is 0. The summed E-state index contributed by atoms with van der Waals surface area (Å²) in [6.45, 7) is 0. The number of pyridine rings is 1. The van der Waals surface area contributed by atoms with E-state index in [9.17, 15) is 5.21 Å². The van der Waals surface area contributed by atoms with E-state index in [1.54, 1.807) is 12.1 Å². The van der Waals surface area contributed by atoms with Crippen LogP contribution in [-0.2, 0) is 0 Å². The van der Waals surface area contributed by atoms with Gasteiger partial charge < -0.3 is 5.21 Å². The molecule has 1 heterocycles. The van der Waals surface area contributed by atoms with Crippen molar-refractivity contribution in [3.05, 3.63) is 54.0 Å². The standard InChI is InChI=1S/C11H10N2O/c12-11-8-4-7-10(13(11)14)9-5-2-1-3-6-9/h1-8,12,14H. The van der Waals surface area contributed by atoms with Crippen LogP contribution in [0.25, 0.3) is 11.3 Å². The second kappa shape index (κ2) is 3.38. The molecule has 70 valence electrons. The maximum Gasteiger partial charge on any atom is 0.161 e. The van der Waals surface area contributed by atoms with E-state index in [2.05, 4.69) is 0 Å². The molecule has 1 aromatic heterocycles. The van der Waals surface area contributed by atoms with Gasteiger partial charge in [-0.1, -0.05) is 36.4 Å². The van der Waals surface area contributed by atoms with Crippen molar-refractivity contribution in [2.75, 3.05) is 0 Å². The van der Waals surface area contributed by atoms with E-state index in [0.717, 1.165) is 10.3 Å². The Hall–Kier alpha value is -2.03. The Labute approximate surface area is 81.4 Å². The molecule has 3 heteroatoms. The van der Waals surface area contributed by atoms with Crippen molar-refractivity contribution in [3.8, 4) is 11.3 Å². The SMILES string of the molecule is N=c1cccc(-c2ccccc2)n1O. The van der Waals surface area contributed by atoms with Crippen molar-refractivity contribution in [1.29, 1.82) is 5.41 Å². The van der Waals surface area contributed by atoms with Gasteiger partial charge in [-0.15, -0.1) is 0 Å². The molecule has 0 aliphatic carbocycles. The molecule has 2 rings (SSSR count). The van der Waals surface area contributed by atoms with E-state index < -0.39 is 0 Å². The summed E-state index contributed by atoms with van der Waals surface area (Å²) in [6, 6.07) is 14.5. The Balaban J connectivity index is 2.64. The van der Waals surface area contributed by atoms with Crippen molar-refractivity contribution in [3.63, 3.8) is 0 Å². The lowest BCUT2D eigenvalue weighted by molar-refractivity contribution is 0.175. The largest absolute Gasteiger partial charge is 0.426 e. The van der Waals surface area contributed by atoms with Gasteiger partial charge >= 0.3 is 0 Å². The molecule has 0 bridgehead atoms. The van der Waals surface area contributed by atoms with Gasteiger partial charge in [0.05, 0.1) is 5.69 Å². The molecule has 0 aliphatic rings. The third kappa shape index (κ3) is 1.40. The summed E-state index contributed by atoms with van der Waals surface area (Å²) in [7, 11) is 0. The molecule has 0 radical (unpaired) electrons. The number of aromatic nitrogens is 1. The summed E-state index contributed by atoms with van der Waals surface area (Å²) >= 11 is 0. The van der Waals surface area contributed by atoms with Crippen LogP contribution in [0.3, 0.4) is 0 Å². The van der Waals surface area contributed by atoms with E-state index in [1.165, 1.54) is 6.07 Å². The third-order valence-corrected chi connectivity index (χ3v) is 2.03. The number of nitrogens with one attached hydrogen (secondary N) is 1. The third-order valence-electron chi connectivity index (χ3n) is 2.03. The van der Waals surface area contributed by atoms with Crippen LogP contribution in [0.5, 0.6) is 0 Å². The Morgan fingerprint density at radius 1 is 0.929 bits per heavy atom. The summed E-state index contributed by atoms with van der Waals surface area (Å²) < 4.78 is 0.870. The minimum atomic E-state index is 0.0753. The van der Waals surface area contributed by atoms with Gasteiger partial charge in [0.25, 0.3) is 0 Å². The lowest BCUT2D eigenvalue weighted by Gasteiger charge is -2.06. The van der Waals surface area contributed by atoms with Gasteiger partial charge in [0.1, 0.15) is 0 Å².